The largest absolute Gasteiger partial charge is 0.364 e. The molecule has 2 N–H and O–H groups in total. The fourth-order valence-corrected chi connectivity index (χ4v) is 1.92. The minimum absolute atomic E-state index is 0.0799. The first kappa shape index (κ1) is 14.5. The predicted molar refractivity (Wildman–Crippen MR) is 82.7 cm³/mol. The van der Waals surface area contributed by atoms with Crippen molar-refractivity contribution in [2.24, 2.45) is 0 Å². The first-order valence-electron chi connectivity index (χ1n) is 6.34. The third-order valence-electron chi connectivity index (χ3n) is 2.50. The third kappa shape index (κ3) is 4.06. The van der Waals surface area contributed by atoms with Crippen LogP contribution in [0.2, 0.25) is 5.02 Å². The molecule has 106 valence electrons. The number of hydrogen-bond acceptors (Lipinski definition) is 5. The van der Waals surface area contributed by atoms with E-state index in [-0.39, 0.29) is 5.54 Å². The lowest BCUT2D eigenvalue weighted by Crippen LogP contribution is -2.27. The summed E-state index contributed by atoms with van der Waals surface area (Å²) < 4.78 is 0. The van der Waals surface area contributed by atoms with Crippen LogP contribution in [-0.2, 0) is 0 Å². The van der Waals surface area contributed by atoms with Gasteiger partial charge < -0.3 is 10.6 Å². The quantitative estimate of drug-likeness (QED) is 0.901. The molecule has 0 saturated heterocycles. The lowest BCUT2D eigenvalue weighted by molar-refractivity contribution is 0.629. The number of halogens is 1. The molecular formula is C14H18ClN5. The zero-order valence-electron chi connectivity index (χ0n) is 12.0. The van der Waals surface area contributed by atoms with E-state index in [0.29, 0.717) is 16.8 Å². The molecule has 0 bridgehead atoms. The second-order valence-corrected chi connectivity index (χ2v) is 6.06. The smallest absolute Gasteiger partial charge is 0.249 e. The number of nitrogens with zero attached hydrogens (tertiary/aromatic N) is 3. The molecule has 5 nitrogen and oxygen atoms in total. The monoisotopic (exact) mass is 291 g/mol. The van der Waals surface area contributed by atoms with E-state index in [1.165, 1.54) is 0 Å². The van der Waals surface area contributed by atoms with Crippen LogP contribution in [0, 0.1) is 6.92 Å². The molecule has 1 aromatic heterocycles. The Balaban J connectivity index is 2.19. The first-order valence-corrected chi connectivity index (χ1v) is 6.72. The van der Waals surface area contributed by atoms with Gasteiger partial charge >= 0.3 is 0 Å². The molecule has 2 rings (SSSR count). The molecule has 0 saturated carbocycles. The van der Waals surface area contributed by atoms with E-state index in [4.69, 9.17) is 11.6 Å². The van der Waals surface area contributed by atoms with Crippen LogP contribution < -0.4 is 10.6 Å². The van der Waals surface area contributed by atoms with Gasteiger partial charge in [-0.15, -0.1) is 5.10 Å². The summed E-state index contributed by atoms with van der Waals surface area (Å²) in [7, 11) is 0. The molecular weight excluding hydrogens is 274 g/mol. The zero-order chi connectivity index (χ0) is 14.8. The molecule has 1 heterocycles. The number of aromatic nitrogens is 3. The lowest BCUT2D eigenvalue weighted by Gasteiger charge is -2.21. The van der Waals surface area contributed by atoms with E-state index in [9.17, 15) is 0 Å². The summed E-state index contributed by atoms with van der Waals surface area (Å²) in [6.07, 6.45) is 1.60. The number of aryl methyl sites for hydroxylation is 1. The average molecular weight is 292 g/mol. The van der Waals surface area contributed by atoms with E-state index in [0.717, 1.165) is 11.3 Å². The summed E-state index contributed by atoms with van der Waals surface area (Å²) >= 11 is 5.94. The Hall–Kier alpha value is -1.88. The number of benzene rings is 1. The summed E-state index contributed by atoms with van der Waals surface area (Å²) in [4.78, 5) is 4.39. The fourth-order valence-electron chi connectivity index (χ4n) is 1.69. The van der Waals surface area contributed by atoms with Gasteiger partial charge in [-0.25, -0.2) is 0 Å². The van der Waals surface area contributed by atoms with Gasteiger partial charge in [-0.3, -0.25) is 0 Å². The van der Waals surface area contributed by atoms with Gasteiger partial charge in [0, 0.05) is 16.2 Å². The van der Waals surface area contributed by atoms with Gasteiger partial charge in [-0.1, -0.05) is 11.6 Å². The van der Waals surface area contributed by atoms with Gasteiger partial charge in [0.1, 0.15) is 0 Å². The molecule has 20 heavy (non-hydrogen) atoms. The predicted octanol–water partition coefficient (Wildman–Crippen LogP) is 3.79. The van der Waals surface area contributed by atoms with Crippen molar-refractivity contribution in [1.29, 1.82) is 0 Å². The van der Waals surface area contributed by atoms with E-state index in [1.807, 2.05) is 25.1 Å². The van der Waals surface area contributed by atoms with Crippen molar-refractivity contribution in [2.45, 2.75) is 33.2 Å². The van der Waals surface area contributed by atoms with Crippen LogP contribution in [0.3, 0.4) is 0 Å². The van der Waals surface area contributed by atoms with Gasteiger partial charge in [0.15, 0.2) is 5.82 Å². The van der Waals surface area contributed by atoms with Crippen LogP contribution in [0.5, 0.6) is 0 Å². The fraction of sp³-hybridized carbons (Fsp3) is 0.357. The van der Waals surface area contributed by atoms with Crippen LogP contribution in [0.1, 0.15) is 26.3 Å². The van der Waals surface area contributed by atoms with E-state index < -0.39 is 0 Å². The molecule has 2 aromatic rings. The molecule has 0 amide bonds. The molecule has 0 unspecified atom stereocenters. The Kier molecular flexibility index (Phi) is 4.09. The lowest BCUT2D eigenvalue weighted by atomic mass is 10.1. The SMILES string of the molecule is Cc1cc(Cl)ccc1Nc1nncc(NC(C)(C)C)n1. The standard InChI is InChI=1S/C14H18ClN5/c1-9-7-10(15)5-6-11(9)17-13-18-12(8-16-20-13)19-14(2,3)4/h5-8H,1-4H3,(H2,17,18,19,20). The summed E-state index contributed by atoms with van der Waals surface area (Å²) in [5, 5.41) is 15.0. The Morgan fingerprint density at radius 1 is 1.20 bits per heavy atom. The minimum atomic E-state index is -0.0799. The van der Waals surface area contributed by atoms with Crippen LogP contribution >= 0.6 is 11.6 Å². The second-order valence-electron chi connectivity index (χ2n) is 5.62. The maximum Gasteiger partial charge on any atom is 0.249 e. The van der Waals surface area contributed by atoms with E-state index in [2.05, 4.69) is 46.6 Å². The van der Waals surface area contributed by atoms with Gasteiger partial charge in [-0.05, 0) is 51.5 Å². The van der Waals surface area contributed by atoms with Crippen molar-refractivity contribution in [3.8, 4) is 0 Å². The highest BCUT2D eigenvalue weighted by Crippen LogP contribution is 2.22. The average Bonchev–Trinajstić information content (AvgIpc) is 2.31. The summed E-state index contributed by atoms with van der Waals surface area (Å²) in [6, 6.07) is 5.60. The zero-order valence-corrected chi connectivity index (χ0v) is 12.8. The van der Waals surface area contributed by atoms with Gasteiger partial charge in [0.2, 0.25) is 5.95 Å². The van der Waals surface area contributed by atoms with Crippen molar-refractivity contribution in [3.05, 3.63) is 35.0 Å². The van der Waals surface area contributed by atoms with Crippen LogP contribution in [-0.4, -0.2) is 20.7 Å². The maximum atomic E-state index is 5.94. The van der Waals surface area contributed by atoms with Crippen molar-refractivity contribution < 1.29 is 0 Å². The Labute approximate surface area is 123 Å². The highest BCUT2D eigenvalue weighted by atomic mass is 35.5. The second kappa shape index (κ2) is 5.63. The Bertz CT molecular complexity index is 607. The number of hydrogen-bond donors (Lipinski definition) is 2. The topological polar surface area (TPSA) is 62.7 Å². The molecule has 0 radical (unpaired) electrons. The highest BCUT2D eigenvalue weighted by molar-refractivity contribution is 6.30. The Morgan fingerprint density at radius 3 is 2.60 bits per heavy atom. The maximum absolute atomic E-state index is 5.94. The normalized spacial score (nSPS) is 11.2. The Morgan fingerprint density at radius 2 is 1.95 bits per heavy atom. The molecule has 0 aliphatic heterocycles. The van der Waals surface area contributed by atoms with Crippen LogP contribution in [0.25, 0.3) is 0 Å². The summed E-state index contributed by atoms with van der Waals surface area (Å²) in [5.74, 6) is 1.13. The van der Waals surface area contributed by atoms with Crippen molar-refractivity contribution in [1.82, 2.24) is 15.2 Å². The van der Waals surface area contributed by atoms with E-state index >= 15 is 0 Å². The van der Waals surface area contributed by atoms with Gasteiger partial charge in [0.25, 0.3) is 0 Å². The molecule has 0 fully saturated rings. The molecule has 0 atom stereocenters. The first-order chi connectivity index (χ1) is 9.33. The molecule has 6 heteroatoms. The van der Waals surface area contributed by atoms with E-state index in [1.54, 1.807) is 6.20 Å². The van der Waals surface area contributed by atoms with Crippen molar-refractivity contribution in [3.63, 3.8) is 0 Å². The number of rotatable bonds is 3. The van der Waals surface area contributed by atoms with Gasteiger partial charge in [-0.2, -0.15) is 10.1 Å². The van der Waals surface area contributed by atoms with Crippen molar-refractivity contribution in [2.75, 3.05) is 10.6 Å². The third-order valence-corrected chi connectivity index (χ3v) is 2.73. The minimum Gasteiger partial charge on any atom is -0.364 e. The highest BCUT2D eigenvalue weighted by Gasteiger charge is 2.11. The van der Waals surface area contributed by atoms with Crippen LogP contribution in [0.15, 0.2) is 24.4 Å². The van der Waals surface area contributed by atoms with Gasteiger partial charge in [0.05, 0.1) is 6.20 Å². The molecule has 0 aliphatic carbocycles. The van der Waals surface area contributed by atoms with Crippen LogP contribution in [0.4, 0.5) is 17.5 Å². The number of nitrogens with one attached hydrogen (secondary N) is 2. The molecule has 1 aromatic carbocycles. The molecule has 0 spiro atoms. The summed E-state index contributed by atoms with van der Waals surface area (Å²) in [5.41, 5.74) is 1.85. The van der Waals surface area contributed by atoms with Crippen molar-refractivity contribution >= 4 is 29.1 Å². The molecule has 0 aliphatic rings. The summed E-state index contributed by atoms with van der Waals surface area (Å²) in [6.45, 7) is 8.15. The number of anilines is 3.